The van der Waals surface area contributed by atoms with E-state index in [0.29, 0.717) is 23.7 Å². The quantitative estimate of drug-likeness (QED) is 0.819. The SMILES string of the molecule is CCCOc1cc(N)cc(Nc2ccc(C#N)cc2F)c1. The molecule has 0 amide bonds. The van der Waals surface area contributed by atoms with Crippen LogP contribution in [0.2, 0.25) is 0 Å². The number of nitriles is 1. The highest BCUT2D eigenvalue weighted by Gasteiger charge is 2.06. The van der Waals surface area contributed by atoms with Crippen LogP contribution in [0.1, 0.15) is 18.9 Å². The minimum Gasteiger partial charge on any atom is -0.493 e. The third-order valence-corrected chi connectivity index (χ3v) is 2.78. The Morgan fingerprint density at radius 2 is 2.10 bits per heavy atom. The molecule has 0 atom stereocenters. The molecule has 0 aromatic heterocycles. The van der Waals surface area contributed by atoms with E-state index in [2.05, 4.69) is 5.32 Å². The summed E-state index contributed by atoms with van der Waals surface area (Å²) in [7, 11) is 0. The first kappa shape index (κ1) is 14.7. The Balaban J connectivity index is 2.23. The second-order valence-electron chi connectivity index (χ2n) is 4.57. The van der Waals surface area contributed by atoms with Crippen molar-refractivity contribution in [2.75, 3.05) is 17.7 Å². The molecule has 0 spiro atoms. The standard InChI is InChI=1S/C16H16FN3O/c1-2-5-21-14-8-12(19)7-13(9-14)20-16-4-3-11(10-18)6-15(16)17/h3-4,6-9,20H,2,5,19H2,1H3. The van der Waals surface area contributed by atoms with Gasteiger partial charge in [-0.05, 0) is 30.7 Å². The van der Waals surface area contributed by atoms with Gasteiger partial charge in [0.25, 0.3) is 0 Å². The average molecular weight is 285 g/mol. The molecule has 0 unspecified atom stereocenters. The van der Waals surface area contributed by atoms with Crippen LogP contribution in [0.15, 0.2) is 36.4 Å². The number of halogens is 1. The molecule has 2 aromatic carbocycles. The summed E-state index contributed by atoms with van der Waals surface area (Å²) in [5.74, 6) is 0.140. The predicted molar refractivity (Wildman–Crippen MR) is 81.0 cm³/mol. The molecule has 0 saturated heterocycles. The van der Waals surface area contributed by atoms with Gasteiger partial charge in [-0.15, -0.1) is 0 Å². The predicted octanol–water partition coefficient (Wildman–Crippen LogP) is 3.81. The summed E-state index contributed by atoms with van der Waals surface area (Å²) in [6.07, 6.45) is 0.891. The van der Waals surface area contributed by atoms with E-state index in [9.17, 15) is 4.39 Å². The van der Waals surface area contributed by atoms with Gasteiger partial charge in [0.05, 0.1) is 23.9 Å². The largest absolute Gasteiger partial charge is 0.493 e. The van der Waals surface area contributed by atoms with Crippen LogP contribution in [0.5, 0.6) is 5.75 Å². The van der Waals surface area contributed by atoms with Crippen molar-refractivity contribution in [3.63, 3.8) is 0 Å². The molecular weight excluding hydrogens is 269 g/mol. The number of hydrogen-bond acceptors (Lipinski definition) is 4. The highest BCUT2D eigenvalue weighted by atomic mass is 19.1. The van der Waals surface area contributed by atoms with E-state index >= 15 is 0 Å². The monoisotopic (exact) mass is 285 g/mol. The fourth-order valence-corrected chi connectivity index (χ4v) is 1.84. The van der Waals surface area contributed by atoms with Gasteiger partial charge in [0, 0.05) is 23.5 Å². The van der Waals surface area contributed by atoms with Crippen molar-refractivity contribution in [1.82, 2.24) is 0 Å². The van der Waals surface area contributed by atoms with Crippen LogP contribution in [-0.4, -0.2) is 6.61 Å². The molecule has 0 aliphatic carbocycles. The first-order valence-corrected chi connectivity index (χ1v) is 6.62. The fraction of sp³-hybridized carbons (Fsp3) is 0.188. The first-order chi connectivity index (χ1) is 10.1. The van der Waals surface area contributed by atoms with Crippen LogP contribution < -0.4 is 15.8 Å². The summed E-state index contributed by atoms with van der Waals surface area (Å²) in [6, 6.07) is 11.3. The van der Waals surface area contributed by atoms with Gasteiger partial charge in [-0.1, -0.05) is 6.92 Å². The molecule has 0 fully saturated rings. The van der Waals surface area contributed by atoms with Gasteiger partial charge in [-0.25, -0.2) is 4.39 Å². The molecule has 4 nitrogen and oxygen atoms in total. The van der Waals surface area contributed by atoms with Crippen molar-refractivity contribution < 1.29 is 9.13 Å². The molecular formula is C16H16FN3O. The third kappa shape index (κ3) is 3.86. The number of nitrogens with one attached hydrogen (secondary N) is 1. The molecule has 21 heavy (non-hydrogen) atoms. The number of hydrogen-bond donors (Lipinski definition) is 2. The Morgan fingerprint density at radius 1 is 1.29 bits per heavy atom. The van der Waals surface area contributed by atoms with Gasteiger partial charge in [-0.2, -0.15) is 5.26 Å². The zero-order valence-corrected chi connectivity index (χ0v) is 11.7. The zero-order chi connectivity index (χ0) is 15.2. The highest BCUT2D eigenvalue weighted by Crippen LogP contribution is 2.27. The lowest BCUT2D eigenvalue weighted by Gasteiger charge is -2.11. The summed E-state index contributed by atoms with van der Waals surface area (Å²) in [6.45, 7) is 2.60. The maximum absolute atomic E-state index is 13.9. The fourth-order valence-electron chi connectivity index (χ4n) is 1.84. The van der Waals surface area contributed by atoms with Gasteiger partial charge in [-0.3, -0.25) is 0 Å². The van der Waals surface area contributed by atoms with E-state index in [1.165, 1.54) is 12.1 Å². The van der Waals surface area contributed by atoms with Crippen LogP contribution >= 0.6 is 0 Å². The Hall–Kier alpha value is -2.74. The summed E-state index contributed by atoms with van der Waals surface area (Å²) < 4.78 is 19.4. The Bertz CT molecular complexity index is 680. The number of nitrogens with zero attached hydrogens (tertiary/aromatic N) is 1. The van der Waals surface area contributed by atoms with Crippen LogP contribution in [0, 0.1) is 17.1 Å². The van der Waals surface area contributed by atoms with Gasteiger partial charge in [0.15, 0.2) is 0 Å². The molecule has 0 aliphatic heterocycles. The van der Waals surface area contributed by atoms with Crippen molar-refractivity contribution in [2.45, 2.75) is 13.3 Å². The van der Waals surface area contributed by atoms with Crippen molar-refractivity contribution in [2.24, 2.45) is 0 Å². The normalized spacial score (nSPS) is 9.95. The average Bonchev–Trinajstić information content (AvgIpc) is 2.46. The van der Waals surface area contributed by atoms with Crippen molar-refractivity contribution >= 4 is 17.1 Å². The molecule has 0 radical (unpaired) electrons. The topological polar surface area (TPSA) is 71.1 Å². The van der Waals surface area contributed by atoms with Crippen molar-refractivity contribution in [1.29, 1.82) is 5.26 Å². The number of nitrogens with two attached hydrogens (primary N) is 1. The molecule has 108 valence electrons. The number of benzene rings is 2. The molecule has 5 heteroatoms. The lowest BCUT2D eigenvalue weighted by molar-refractivity contribution is 0.318. The van der Waals surface area contributed by atoms with E-state index in [1.807, 2.05) is 13.0 Å². The molecule has 0 aliphatic rings. The van der Waals surface area contributed by atoms with Gasteiger partial charge < -0.3 is 15.8 Å². The van der Waals surface area contributed by atoms with Crippen LogP contribution in [-0.2, 0) is 0 Å². The number of anilines is 3. The second-order valence-corrected chi connectivity index (χ2v) is 4.57. The molecule has 0 saturated carbocycles. The van der Waals surface area contributed by atoms with E-state index < -0.39 is 5.82 Å². The molecule has 0 bridgehead atoms. The van der Waals surface area contributed by atoms with Crippen LogP contribution in [0.3, 0.4) is 0 Å². The van der Waals surface area contributed by atoms with Gasteiger partial charge in [0.2, 0.25) is 0 Å². The Kier molecular flexibility index (Phi) is 4.62. The lowest BCUT2D eigenvalue weighted by atomic mass is 10.2. The van der Waals surface area contributed by atoms with Crippen molar-refractivity contribution in [3.05, 3.63) is 47.8 Å². The highest BCUT2D eigenvalue weighted by molar-refractivity contribution is 5.67. The van der Waals surface area contributed by atoms with E-state index in [0.717, 1.165) is 6.42 Å². The molecule has 0 heterocycles. The van der Waals surface area contributed by atoms with E-state index in [-0.39, 0.29) is 11.3 Å². The van der Waals surface area contributed by atoms with Crippen LogP contribution in [0.4, 0.5) is 21.5 Å². The van der Waals surface area contributed by atoms with Crippen LogP contribution in [0.25, 0.3) is 0 Å². The smallest absolute Gasteiger partial charge is 0.147 e. The van der Waals surface area contributed by atoms with E-state index in [4.69, 9.17) is 15.7 Å². The second kappa shape index (κ2) is 6.62. The van der Waals surface area contributed by atoms with E-state index in [1.54, 1.807) is 24.3 Å². The third-order valence-electron chi connectivity index (χ3n) is 2.78. The lowest BCUT2D eigenvalue weighted by Crippen LogP contribution is -1.99. The zero-order valence-electron chi connectivity index (χ0n) is 11.7. The summed E-state index contributed by atoms with van der Waals surface area (Å²) >= 11 is 0. The molecule has 2 rings (SSSR count). The van der Waals surface area contributed by atoms with Gasteiger partial charge >= 0.3 is 0 Å². The number of rotatable bonds is 5. The Labute approximate surface area is 123 Å². The number of nitrogen functional groups attached to an aromatic ring is 1. The maximum atomic E-state index is 13.9. The minimum atomic E-state index is -0.493. The van der Waals surface area contributed by atoms with Crippen molar-refractivity contribution in [3.8, 4) is 11.8 Å². The summed E-state index contributed by atoms with van der Waals surface area (Å²) in [5.41, 5.74) is 7.52. The molecule has 2 aromatic rings. The summed E-state index contributed by atoms with van der Waals surface area (Å²) in [4.78, 5) is 0. The number of ether oxygens (including phenoxy) is 1. The Morgan fingerprint density at radius 3 is 2.76 bits per heavy atom. The van der Waals surface area contributed by atoms with Gasteiger partial charge in [0.1, 0.15) is 11.6 Å². The maximum Gasteiger partial charge on any atom is 0.147 e. The first-order valence-electron chi connectivity index (χ1n) is 6.62. The summed E-state index contributed by atoms with van der Waals surface area (Å²) in [5, 5.41) is 11.7. The minimum absolute atomic E-state index is 0.276. The molecule has 3 N–H and O–H groups in total.